The molecule has 6 heteroatoms. The predicted molar refractivity (Wildman–Crippen MR) is 84.8 cm³/mol. The largest absolute Gasteiger partial charge is 0.345 e. The molecule has 110 valence electrons. The number of hydrogen-bond acceptors (Lipinski definition) is 3. The number of H-pyrrole nitrogens is 1. The number of rotatable bonds is 3. The van der Waals surface area contributed by atoms with E-state index >= 15 is 0 Å². The second-order valence-electron chi connectivity index (χ2n) is 4.81. The van der Waals surface area contributed by atoms with Gasteiger partial charge in [-0.25, -0.2) is 4.98 Å². The van der Waals surface area contributed by atoms with Crippen molar-refractivity contribution in [1.82, 2.24) is 9.97 Å². The average Bonchev–Trinajstić information content (AvgIpc) is 2.93. The SMILES string of the molecule is CC(=O)Nc1ccc(NC(=O)c2c[nH]c3ncccc23)cc1. The number of pyridine rings is 1. The molecule has 0 aliphatic carbocycles. The topological polar surface area (TPSA) is 86.9 Å². The average molecular weight is 294 g/mol. The number of benzene rings is 1. The standard InChI is InChI=1S/C16H14N4O2/c1-10(21)19-11-4-6-12(7-5-11)20-16(22)14-9-18-15-13(14)3-2-8-17-15/h2-9H,1H3,(H,17,18)(H,19,21)(H,20,22). The van der Waals surface area contributed by atoms with Crippen molar-refractivity contribution in [2.45, 2.75) is 6.92 Å². The lowest BCUT2D eigenvalue weighted by Crippen LogP contribution is -2.11. The molecule has 0 saturated carbocycles. The number of carbonyl (C=O) groups excluding carboxylic acids is 2. The summed E-state index contributed by atoms with van der Waals surface area (Å²) in [6.45, 7) is 1.45. The van der Waals surface area contributed by atoms with Crippen LogP contribution in [0.4, 0.5) is 11.4 Å². The quantitative estimate of drug-likeness (QED) is 0.694. The molecule has 3 aromatic rings. The van der Waals surface area contributed by atoms with Crippen LogP contribution in [0.25, 0.3) is 11.0 Å². The highest BCUT2D eigenvalue weighted by atomic mass is 16.2. The zero-order chi connectivity index (χ0) is 15.5. The number of nitrogens with one attached hydrogen (secondary N) is 3. The van der Waals surface area contributed by atoms with E-state index in [1.807, 2.05) is 6.07 Å². The number of amides is 2. The van der Waals surface area contributed by atoms with Gasteiger partial charge in [0.15, 0.2) is 0 Å². The van der Waals surface area contributed by atoms with Crippen LogP contribution in [0.1, 0.15) is 17.3 Å². The molecular weight excluding hydrogens is 280 g/mol. The van der Waals surface area contributed by atoms with Crippen molar-refractivity contribution in [2.75, 3.05) is 10.6 Å². The lowest BCUT2D eigenvalue weighted by Gasteiger charge is -2.06. The smallest absolute Gasteiger partial charge is 0.257 e. The van der Waals surface area contributed by atoms with Crippen LogP contribution in [0.5, 0.6) is 0 Å². The summed E-state index contributed by atoms with van der Waals surface area (Å²) in [5, 5.41) is 6.26. The maximum Gasteiger partial charge on any atom is 0.257 e. The van der Waals surface area contributed by atoms with Gasteiger partial charge in [0, 0.05) is 36.1 Å². The van der Waals surface area contributed by atoms with Crippen molar-refractivity contribution < 1.29 is 9.59 Å². The first-order chi connectivity index (χ1) is 10.6. The number of carbonyl (C=O) groups is 2. The van der Waals surface area contributed by atoms with E-state index in [4.69, 9.17) is 0 Å². The van der Waals surface area contributed by atoms with Crippen LogP contribution in [-0.4, -0.2) is 21.8 Å². The third-order valence-corrected chi connectivity index (χ3v) is 3.16. The molecule has 6 nitrogen and oxygen atoms in total. The second kappa shape index (κ2) is 5.69. The molecule has 0 aliphatic rings. The summed E-state index contributed by atoms with van der Waals surface area (Å²) in [5.41, 5.74) is 2.54. The van der Waals surface area contributed by atoms with Crippen LogP contribution in [0.2, 0.25) is 0 Å². The molecule has 0 fully saturated rings. The molecule has 1 aromatic carbocycles. The van der Waals surface area contributed by atoms with Crippen LogP contribution in [0.3, 0.4) is 0 Å². The third kappa shape index (κ3) is 2.80. The third-order valence-electron chi connectivity index (χ3n) is 3.16. The maximum atomic E-state index is 12.3. The second-order valence-corrected chi connectivity index (χ2v) is 4.81. The number of anilines is 2. The van der Waals surface area contributed by atoms with E-state index in [9.17, 15) is 9.59 Å². The van der Waals surface area contributed by atoms with Crippen molar-refractivity contribution in [2.24, 2.45) is 0 Å². The van der Waals surface area contributed by atoms with Gasteiger partial charge >= 0.3 is 0 Å². The molecule has 3 N–H and O–H groups in total. The van der Waals surface area contributed by atoms with Gasteiger partial charge in [0.25, 0.3) is 5.91 Å². The highest BCUT2D eigenvalue weighted by Crippen LogP contribution is 2.18. The van der Waals surface area contributed by atoms with Crippen molar-refractivity contribution in [3.63, 3.8) is 0 Å². The van der Waals surface area contributed by atoms with E-state index in [2.05, 4.69) is 20.6 Å². The molecule has 22 heavy (non-hydrogen) atoms. The molecule has 0 spiro atoms. The Bertz CT molecular complexity index is 837. The van der Waals surface area contributed by atoms with Crippen molar-refractivity contribution in [3.05, 3.63) is 54.4 Å². The number of aromatic amines is 1. The van der Waals surface area contributed by atoms with Gasteiger partial charge in [-0.2, -0.15) is 0 Å². The Morgan fingerprint density at radius 2 is 1.73 bits per heavy atom. The normalized spacial score (nSPS) is 10.4. The summed E-state index contributed by atoms with van der Waals surface area (Å²) in [7, 11) is 0. The minimum Gasteiger partial charge on any atom is -0.345 e. The molecule has 0 aliphatic heterocycles. The molecule has 0 saturated heterocycles. The van der Waals surface area contributed by atoms with E-state index in [-0.39, 0.29) is 11.8 Å². The fraction of sp³-hybridized carbons (Fsp3) is 0.0625. The van der Waals surface area contributed by atoms with Crippen LogP contribution >= 0.6 is 0 Å². The van der Waals surface area contributed by atoms with Gasteiger partial charge in [-0.1, -0.05) is 0 Å². The van der Waals surface area contributed by atoms with Crippen LogP contribution in [-0.2, 0) is 4.79 Å². The van der Waals surface area contributed by atoms with Gasteiger partial charge in [0.1, 0.15) is 5.65 Å². The summed E-state index contributed by atoms with van der Waals surface area (Å²) >= 11 is 0. The van der Waals surface area contributed by atoms with E-state index in [1.165, 1.54) is 6.92 Å². The zero-order valence-electron chi connectivity index (χ0n) is 11.9. The summed E-state index contributed by atoms with van der Waals surface area (Å²) in [5.74, 6) is -0.352. The highest BCUT2D eigenvalue weighted by Gasteiger charge is 2.12. The fourth-order valence-electron chi connectivity index (χ4n) is 2.18. The Morgan fingerprint density at radius 3 is 2.41 bits per heavy atom. The molecular formula is C16H14N4O2. The first kappa shape index (κ1) is 13.8. The number of aromatic nitrogens is 2. The Morgan fingerprint density at radius 1 is 1.05 bits per heavy atom. The monoisotopic (exact) mass is 294 g/mol. The minimum absolute atomic E-state index is 0.136. The summed E-state index contributed by atoms with van der Waals surface area (Å²) in [6, 6.07) is 10.6. The Hall–Kier alpha value is -3.15. The van der Waals surface area contributed by atoms with Crippen LogP contribution in [0.15, 0.2) is 48.8 Å². The predicted octanol–water partition coefficient (Wildman–Crippen LogP) is 2.77. The summed E-state index contributed by atoms with van der Waals surface area (Å²) in [4.78, 5) is 30.4. The molecule has 0 radical (unpaired) electrons. The number of fused-ring (bicyclic) bond motifs is 1. The highest BCUT2D eigenvalue weighted by molar-refractivity contribution is 6.12. The molecule has 0 unspecified atom stereocenters. The van der Waals surface area contributed by atoms with Gasteiger partial charge in [-0.15, -0.1) is 0 Å². The first-order valence-electron chi connectivity index (χ1n) is 6.74. The molecule has 0 bridgehead atoms. The van der Waals surface area contributed by atoms with Crippen LogP contribution < -0.4 is 10.6 Å². The van der Waals surface area contributed by atoms with E-state index in [0.29, 0.717) is 22.6 Å². The molecule has 2 aromatic heterocycles. The zero-order valence-corrected chi connectivity index (χ0v) is 11.9. The van der Waals surface area contributed by atoms with Crippen LogP contribution in [0, 0.1) is 0 Å². The Balaban J connectivity index is 1.78. The first-order valence-corrected chi connectivity index (χ1v) is 6.74. The van der Waals surface area contributed by atoms with Gasteiger partial charge in [-0.05, 0) is 36.4 Å². The summed E-state index contributed by atoms with van der Waals surface area (Å²) < 4.78 is 0. The minimum atomic E-state index is -0.216. The summed E-state index contributed by atoms with van der Waals surface area (Å²) in [6.07, 6.45) is 3.31. The number of hydrogen-bond donors (Lipinski definition) is 3. The van der Waals surface area contributed by atoms with Gasteiger partial charge < -0.3 is 15.6 Å². The van der Waals surface area contributed by atoms with E-state index in [1.54, 1.807) is 42.7 Å². The fourth-order valence-corrected chi connectivity index (χ4v) is 2.18. The Labute approximate surface area is 126 Å². The molecule has 2 amide bonds. The van der Waals surface area contributed by atoms with E-state index < -0.39 is 0 Å². The lowest BCUT2D eigenvalue weighted by molar-refractivity contribution is -0.114. The van der Waals surface area contributed by atoms with Gasteiger partial charge in [-0.3, -0.25) is 9.59 Å². The lowest BCUT2D eigenvalue weighted by atomic mass is 10.2. The molecule has 0 atom stereocenters. The molecule has 3 rings (SSSR count). The molecule has 2 heterocycles. The van der Waals surface area contributed by atoms with E-state index in [0.717, 1.165) is 5.39 Å². The van der Waals surface area contributed by atoms with Crippen molar-refractivity contribution in [3.8, 4) is 0 Å². The van der Waals surface area contributed by atoms with Crippen molar-refractivity contribution >= 4 is 34.2 Å². The van der Waals surface area contributed by atoms with Crippen molar-refractivity contribution in [1.29, 1.82) is 0 Å². The Kier molecular flexibility index (Phi) is 3.57. The van der Waals surface area contributed by atoms with Gasteiger partial charge in [0.2, 0.25) is 5.91 Å². The van der Waals surface area contributed by atoms with Gasteiger partial charge in [0.05, 0.1) is 5.56 Å². The maximum absolute atomic E-state index is 12.3. The number of nitrogens with zero attached hydrogens (tertiary/aromatic N) is 1.